The van der Waals surface area contributed by atoms with Crippen molar-refractivity contribution in [3.8, 4) is 0 Å². The summed E-state index contributed by atoms with van der Waals surface area (Å²) in [5.41, 5.74) is 0. The second-order valence-corrected chi connectivity index (χ2v) is 4.19. The Bertz CT molecular complexity index is 269. The molecule has 0 bridgehead atoms. The number of rotatable bonds is 4. The number of amides is 1. The monoisotopic (exact) mass is 210 g/mol. The molecule has 0 radical (unpaired) electrons. The molecule has 0 saturated heterocycles. The fraction of sp³-hybridized carbons (Fsp3) is 0.800. The highest BCUT2D eigenvalue weighted by molar-refractivity contribution is 5.86. The summed E-state index contributed by atoms with van der Waals surface area (Å²) in [5, 5.41) is 9.14. The number of hydrogen-bond acceptors (Lipinski definition) is 2. The van der Waals surface area contributed by atoms with Gasteiger partial charge in [0.15, 0.2) is 5.96 Å². The van der Waals surface area contributed by atoms with Gasteiger partial charge in [0.25, 0.3) is 0 Å². The van der Waals surface area contributed by atoms with E-state index in [4.69, 9.17) is 0 Å². The average molecular weight is 210 g/mol. The fourth-order valence-electron chi connectivity index (χ4n) is 1.29. The Morgan fingerprint density at radius 1 is 1.20 bits per heavy atom. The Morgan fingerprint density at radius 2 is 1.80 bits per heavy atom. The first-order valence-electron chi connectivity index (χ1n) is 5.54. The van der Waals surface area contributed by atoms with Crippen molar-refractivity contribution < 1.29 is 4.79 Å². The van der Waals surface area contributed by atoms with Gasteiger partial charge in [-0.2, -0.15) is 0 Å². The average Bonchev–Trinajstić information content (AvgIpc) is 3.06. The molecule has 5 heteroatoms. The number of nitrogens with zero attached hydrogens (tertiary/aromatic N) is 1. The van der Waals surface area contributed by atoms with Crippen LogP contribution >= 0.6 is 0 Å². The van der Waals surface area contributed by atoms with Crippen molar-refractivity contribution in [1.29, 1.82) is 0 Å². The van der Waals surface area contributed by atoms with Crippen molar-refractivity contribution >= 4 is 11.9 Å². The summed E-state index contributed by atoms with van der Waals surface area (Å²) in [6.07, 6.45) is 4.66. The molecule has 2 aliphatic rings. The molecule has 2 fully saturated rings. The molecule has 2 saturated carbocycles. The maximum atomic E-state index is 11.4. The number of guanidine groups is 1. The minimum atomic E-state index is 0.0521. The van der Waals surface area contributed by atoms with Gasteiger partial charge in [0.1, 0.15) is 0 Å². The van der Waals surface area contributed by atoms with Crippen molar-refractivity contribution in [1.82, 2.24) is 16.0 Å². The molecule has 3 N–H and O–H groups in total. The van der Waals surface area contributed by atoms with Gasteiger partial charge in [-0.15, -0.1) is 0 Å². The highest BCUT2D eigenvalue weighted by Gasteiger charge is 2.24. The first kappa shape index (κ1) is 10.3. The number of aliphatic imine (C=N–C) groups is 1. The lowest BCUT2D eigenvalue weighted by Gasteiger charge is -2.10. The Kier molecular flexibility index (Phi) is 3.08. The number of carbonyl (C=O) groups excluding carboxylic acids is 1. The summed E-state index contributed by atoms with van der Waals surface area (Å²) in [4.78, 5) is 15.4. The summed E-state index contributed by atoms with van der Waals surface area (Å²) in [7, 11) is 1.72. The SMILES string of the molecule is CN=C(NCC(=O)NC1CC1)NC1CC1. The molecule has 0 atom stereocenters. The van der Waals surface area contributed by atoms with E-state index in [1.807, 2.05) is 0 Å². The highest BCUT2D eigenvalue weighted by atomic mass is 16.2. The van der Waals surface area contributed by atoms with Crippen LogP contribution in [0.15, 0.2) is 4.99 Å². The zero-order chi connectivity index (χ0) is 10.7. The predicted octanol–water partition coefficient (Wildman–Crippen LogP) is -0.408. The second kappa shape index (κ2) is 4.51. The van der Waals surface area contributed by atoms with Gasteiger partial charge >= 0.3 is 0 Å². The molecular formula is C10H18N4O. The zero-order valence-electron chi connectivity index (χ0n) is 9.05. The molecule has 0 aromatic carbocycles. The van der Waals surface area contributed by atoms with Crippen molar-refractivity contribution in [2.24, 2.45) is 4.99 Å². The van der Waals surface area contributed by atoms with Gasteiger partial charge in [-0.1, -0.05) is 0 Å². The van der Waals surface area contributed by atoms with Crippen LogP contribution in [0.25, 0.3) is 0 Å². The first-order valence-corrected chi connectivity index (χ1v) is 5.54. The van der Waals surface area contributed by atoms with E-state index in [0.717, 1.165) is 18.8 Å². The third-order valence-corrected chi connectivity index (χ3v) is 2.50. The lowest BCUT2D eigenvalue weighted by Crippen LogP contribution is -2.44. The molecule has 0 spiro atoms. The maximum absolute atomic E-state index is 11.4. The zero-order valence-corrected chi connectivity index (χ0v) is 9.05. The highest BCUT2D eigenvalue weighted by Crippen LogP contribution is 2.18. The molecule has 84 valence electrons. The van der Waals surface area contributed by atoms with Crippen molar-refractivity contribution in [3.05, 3.63) is 0 Å². The van der Waals surface area contributed by atoms with E-state index in [1.165, 1.54) is 12.8 Å². The van der Waals surface area contributed by atoms with Crippen LogP contribution in [0, 0.1) is 0 Å². The van der Waals surface area contributed by atoms with E-state index in [9.17, 15) is 4.79 Å². The maximum Gasteiger partial charge on any atom is 0.239 e. The van der Waals surface area contributed by atoms with Crippen LogP contribution in [0.1, 0.15) is 25.7 Å². The standard InChI is InChI=1S/C10H18N4O/c1-11-10(14-8-4-5-8)12-6-9(15)13-7-2-3-7/h7-8H,2-6H2,1H3,(H,13,15)(H2,11,12,14). The first-order chi connectivity index (χ1) is 7.28. The summed E-state index contributed by atoms with van der Waals surface area (Å²) in [5.74, 6) is 0.777. The number of nitrogens with one attached hydrogen (secondary N) is 3. The normalized spacial score (nSPS) is 21.0. The van der Waals surface area contributed by atoms with E-state index in [2.05, 4.69) is 20.9 Å². The fourth-order valence-corrected chi connectivity index (χ4v) is 1.29. The van der Waals surface area contributed by atoms with Gasteiger partial charge in [0.2, 0.25) is 5.91 Å². The Labute approximate surface area is 89.7 Å². The lowest BCUT2D eigenvalue weighted by molar-refractivity contribution is -0.120. The van der Waals surface area contributed by atoms with Crippen LogP contribution < -0.4 is 16.0 Å². The Balaban J connectivity index is 1.62. The van der Waals surface area contributed by atoms with Crippen LogP contribution in [0.4, 0.5) is 0 Å². The van der Waals surface area contributed by atoms with Gasteiger partial charge in [-0.25, -0.2) is 0 Å². The quantitative estimate of drug-likeness (QED) is 0.436. The van der Waals surface area contributed by atoms with E-state index in [0.29, 0.717) is 18.6 Å². The molecule has 1 amide bonds. The van der Waals surface area contributed by atoms with Crippen LogP contribution in [0.2, 0.25) is 0 Å². The minimum Gasteiger partial charge on any atom is -0.354 e. The van der Waals surface area contributed by atoms with E-state index in [1.54, 1.807) is 7.05 Å². The Hall–Kier alpha value is -1.26. The lowest BCUT2D eigenvalue weighted by atomic mass is 10.5. The van der Waals surface area contributed by atoms with Crippen molar-refractivity contribution in [2.45, 2.75) is 37.8 Å². The molecule has 0 unspecified atom stereocenters. The molecule has 2 rings (SSSR count). The van der Waals surface area contributed by atoms with Gasteiger partial charge in [-0.05, 0) is 25.7 Å². The van der Waals surface area contributed by atoms with Crippen molar-refractivity contribution in [3.63, 3.8) is 0 Å². The van der Waals surface area contributed by atoms with E-state index in [-0.39, 0.29) is 5.91 Å². The van der Waals surface area contributed by atoms with Gasteiger partial charge < -0.3 is 16.0 Å². The van der Waals surface area contributed by atoms with E-state index >= 15 is 0 Å². The molecule has 0 aliphatic heterocycles. The molecule has 2 aliphatic carbocycles. The molecular weight excluding hydrogens is 192 g/mol. The van der Waals surface area contributed by atoms with Gasteiger partial charge in [0.05, 0.1) is 6.54 Å². The topological polar surface area (TPSA) is 65.5 Å². The molecule has 0 aromatic rings. The third-order valence-electron chi connectivity index (χ3n) is 2.50. The number of hydrogen-bond donors (Lipinski definition) is 3. The van der Waals surface area contributed by atoms with E-state index < -0.39 is 0 Å². The number of carbonyl (C=O) groups is 1. The third kappa shape index (κ3) is 3.77. The smallest absolute Gasteiger partial charge is 0.239 e. The van der Waals surface area contributed by atoms with Crippen LogP contribution in [0.3, 0.4) is 0 Å². The van der Waals surface area contributed by atoms with Gasteiger partial charge in [0, 0.05) is 19.1 Å². The van der Waals surface area contributed by atoms with Crippen molar-refractivity contribution in [2.75, 3.05) is 13.6 Å². The summed E-state index contributed by atoms with van der Waals surface area (Å²) < 4.78 is 0. The Morgan fingerprint density at radius 3 is 2.33 bits per heavy atom. The largest absolute Gasteiger partial charge is 0.354 e. The summed E-state index contributed by atoms with van der Waals surface area (Å²) in [6.45, 7) is 0.308. The molecule has 0 aromatic heterocycles. The minimum absolute atomic E-state index is 0.0521. The summed E-state index contributed by atoms with van der Waals surface area (Å²) in [6, 6.07) is 0.986. The molecule has 0 heterocycles. The second-order valence-electron chi connectivity index (χ2n) is 4.19. The molecule has 5 nitrogen and oxygen atoms in total. The van der Waals surface area contributed by atoms with Crippen LogP contribution in [-0.4, -0.2) is 37.5 Å². The van der Waals surface area contributed by atoms with Crippen LogP contribution in [0.5, 0.6) is 0 Å². The van der Waals surface area contributed by atoms with Crippen LogP contribution in [-0.2, 0) is 4.79 Å². The molecule has 15 heavy (non-hydrogen) atoms. The predicted molar refractivity (Wildman–Crippen MR) is 58.7 cm³/mol. The van der Waals surface area contributed by atoms with Gasteiger partial charge in [-0.3, -0.25) is 9.79 Å². The summed E-state index contributed by atoms with van der Waals surface area (Å²) >= 11 is 0.